The van der Waals surface area contributed by atoms with Crippen LogP contribution in [0, 0.1) is 10.1 Å². The van der Waals surface area contributed by atoms with E-state index in [0.717, 1.165) is 107 Å². The van der Waals surface area contributed by atoms with E-state index < -0.39 is 0 Å². The summed E-state index contributed by atoms with van der Waals surface area (Å²) in [5.41, 5.74) is 20.5. The van der Waals surface area contributed by atoms with Crippen molar-refractivity contribution in [1.29, 1.82) is 0 Å². The number of allylic oxidation sites excluding steroid dienone is 4. The number of aromatic amines is 2. The van der Waals surface area contributed by atoms with Crippen LogP contribution in [0.1, 0.15) is 126 Å². The highest BCUT2D eigenvalue weighted by molar-refractivity contribution is 6.03. The van der Waals surface area contributed by atoms with Gasteiger partial charge in [0.15, 0.2) is 0 Å². The van der Waals surface area contributed by atoms with Gasteiger partial charge < -0.3 is 9.97 Å². The van der Waals surface area contributed by atoms with Crippen LogP contribution in [-0.2, 0) is 25.7 Å². The second-order valence-corrected chi connectivity index (χ2v) is 12.9. The van der Waals surface area contributed by atoms with E-state index in [0.29, 0.717) is 0 Å². The summed E-state index contributed by atoms with van der Waals surface area (Å²) in [6.07, 6.45) is 7.00. The molecular weight excluding hydrogens is 606 g/mol. The maximum absolute atomic E-state index is 11.7. The van der Waals surface area contributed by atoms with Crippen molar-refractivity contribution in [3.05, 3.63) is 97.6 Å². The smallest absolute Gasteiger partial charge is 0.269 e. The molecule has 0 atom stereocenters. The number of non-ortho nitro benzene ring substituents is 1. The molecule has 0 saturated carbocycles. The molecule has 0 unspecified atom stereocenters. The number of fused-ring (bicyclic) bond motifs is 8. The van der Waals surface area contributed by atoms with Gasteiger partial charge >= 0.3 is 0 Å². The molecule has 5 heterocycles. The number of nitro benzene ring substituents is 1. The molecule has 6 rings (SSSR count). The summed E-state index contributed by atoms with van der Waals surface area (Å²) in [5, 5.41) is 11.7. The van der Waals surface area contributed by atoms with Gasteiger partial charge in [-0.15, -0.1) is 0 Å². The third-order valence-electron chi connectivity index (χ3n) is 10.5. The number of hydrogen-bond donors (Lipinski definition) is 2. The van der Waals surface area contributed by atoms with E-state index in [1.54, 1.807) is 12.1 Å². The van der Waals surface area contributed by atoms with Crippen LogP contribution >= 0.6 is 0 Å². The first-order chi connectivity index (χ1) is 23.8. The lowest BCUT2D eigenvalue weighted by Crippen LogP contribution is -1.96. The molecule has 1 aromatic carbocycles. The Hall–Kier alpha value is -4.78. The molecule has 8 bridgehead atoms. The fourth-order valence-electron chi connectivity index (χ4n) is 8.21. The Kier molecular flexibility index (Phi) is 9.73. The van der Waals surface area contributed by atoms with Crippen LogP contribution < -0.4 is 0 Å². The molecular formula is C42H49N5O2. The molecule has 0 saturated heterocycles. The second-order valence-electron chi connectivity index (χ2n) is 12.9. The number of H-pyrrole nitrogens is 2. The SMILES string of the molecule is CCC1=C(CC)c2nc1cc1[nH]c(cc3[nH]c(cc4nc(c2-c2ccc([N+](=O)[O-])cc2)C(CC)=C4CC)c(CC)c3CC)c(CC)c1CC. The summed E-state index contributed by atoms with van der Waals surface area (Å²) in [5.74, 6) is 0. The van der Waals surface area contributed by atoms with E-state index in [-0.39, 0.29) is 10.6 Å². The standard InChI is InChI=1S/C42H49N5O2/c1-9-26-28(11-3)36-22-38-30(13-5)32(15-7)41(45-38)40(24-17-19-25(20-18-24)47(48)49)42-33(16-8)31(14-6)39(46-42)23-37-29(12-4)27(10-2)35(44-37)21-34(26)43-36/h17-23,43-44H,9-16H2,1-8H3. The van der Waals surface area contributed by atoms with Gasteiger partial charge in [0.2, 0.25) is 0 Å². The lowest BCUT2D eigenvalue weighted by molar-refractivity contribution is -0.384. The molecule has 3 aromatic heterocycles. The average molecular weight is 656 g/mol. The lowest BCUT2D eigenvalue weighted by Gasteiger charge is -2.12. The number of rotatable bonds is 10. The Morgan fingerprint density at radius 2 is 0.898 bits per heavy atom. The Bertz CT molecular complexity index is 2050. The molecule has 2 N–H and O–H groups in total. The molecule has 49 heavy (non-hydrogen) atoms. The van der Waals surface area contributed by atoms with Gasteiger partial charge in [-0.1, -0.05) is 55.4 Å². The van der Waals surface area contributed by atoms with Crippen molar-refractivity contribution in [1.82, 2.24) is 19.9 Å². The molecule has 2 aliphatic rings. The highest BCUT2D eigenvalue weighted by atomic mass is 16.6. The highest BCUT2D eigenvalue weighted by Gasteiger charge is 2.28. The van der Waals surface area contributed by atoms with Gasteiger partial charge in [-0.2, -0.15) is 0 Å². The van der Waals surface area contributed by atoms with Crippen molar-refractivity contribution in [3.63, 3.8) is 0 Å². The third-order valence-corrected chi connectivity index (χ3v) is 10.5. The Morgan fingerprint density at radius 3 is 1.22 bits per heavy atom. The van der Waals surface area contributed by atoms with E-state index in [4.69, 9.17) is 9.97 Å². The maximum Gasteiger partial charge on any atom is 0.269 e. The van der Waals surface area contributed by atoms with Gasteiger partial charge in [-0.25, -0.2) is 9.97 Å². The van der Waals surface area contributed by atoms with Crippen LogP contribution in [0.25, 0.3) is 55.5 Å². The average Bonchev–Trinajstić information content (AvgIpc) is 3.84. The number of nitrogens with one attached hydrogen (secondary N) is 2. The normalized spacial score (nSPS) is 13.1. The Balaban J connectivity index is 1.91. The fraction of sp³-hybridized carbons (Fsp3) is 0.381. The number of aromatic nitrogens is 4. The number of nitrogens with zero attached hydrogens (tertiary/aromatic N) is 3. The molecule has 0 aliphatic carbocycles. The van der Waals surface area contributed by atoms with Gasteiger partial charge in [-0.05, 0) is 132 Å². The van der Waals surface area contributed by atoms with Crippen LogP contribution in [0.5, 0.6) is 0 Å². The minimum Gasteiger partial charge on any atom is -0.355 e. The molecule has 254 valence electrons. The fourth-order valence-corrected chi connectivity index (χ4v) is 8.21. The number of aryl methyl sites for hydroxylation is 4. The quantitative estimate of drug-likeness (QED) is 0.131. The van der Waals surface area contributed by atoms with Crippen LogP contribution in [0.15, 0.2) is 42.5 Å². The van der Waals surface area contributed by atoms with Crippen molar-refractivity contribution in [2.24, 2.45) is 0 Å². The summed E-state index contributed by atoms with van der Waals surface area (Å²) in [6, 6.07) is 13.8. The Morgan fingerprint density at radius 1 is 0.531 bits per heavy atom. The first-order valence-corrected chi connectivity index (χ1v) is 18.3. The van der Waals surface area contributed by atoms with Crippen molar-refractivity contribution in [3.8, 4) is 11.1 Å². The van der Waals surface area contributed by atoms with E-state index in [2.05, 4.69) is 83.6 Å². The van der Waals surface area contributed by atoms with Crippen LogP contribution in [0.4, 0.5) is 5.69 Å². The molecule has 0 amide bonds. The topological polar surface area (TPSA) is 100 Å². The van der Waals surface area contributed by atoms with Crippen LogP contribution in [-0.4, -0.2) is 24.9 Å². The molecule has 0 radical (unpaired) electrons. The Labute approximate surface area is 289 Å². The summed E-state index contributed by atoms with van der Waals surface area (Å²) in [7, 11) is 0. The van der Waals surface area contributed by atoms with Gasteiger partial charge in [0.05, 0.1) is 27.7 Å². The predicted octanol–water partition coefficient (Wildman–Crippen LogP) is 11.6. The van der Waals surface area contributed by atoms with Crippen molar-refractivity contribution in [2.45, 2.75) is 107 Å². The zero-order chi connectivity index (χ0) is 35.0. The van der Waals surface area contributed by atoms with E-state index >= 15 is 0 Å². The number of benzene rings is 1. The van der Waals surface area contributed by atoms with Gasteiger partial charge in [0.1, 0.15) is 0 Å². The summed E-state index contributed by atoms with van der Waals surface area (Å²) < 4.78 is 0. The zero-order valence-electron chi connectivity index (χ0n) is 30.4. The van der Waals surface area contributed by atoms with Crippen molar-refractivity contribution >= 4 is 50.0 Å². The monoisotopic (exact) mass is 655 g/mol. The van der Waals surface area contributed by atoms with E-state index in [9.17, 15) is 10.1 Å². The van der Waals surface area contributed by atoms with E-state index in [1.807, 2.05) is 12.1 Å². The molecule has 0 spiro atoms. The van der Waals surface area contributed by atoms with Gasteiger partial charge in [0.25, 0.3) is 5.69 Å². The largest absolute Gasteiger partial charge is 0.355 e. The first kappa shape index (κ1) is 34.1. The van der Waals surface area contributed by atoms with Gasteiger partial charge in [0, 0.05) is 39.8 Å². The predicted molar refractivity (Wildman–Crippen MR) is 205 cm³/mol. The minimum atomic E-state index is -0.340. The summed E-state index contributed by atoms with van der Waals surface area (Å²) in [4.78, 5) is 30.0. The van der Waals surface area contributed by atoms with Gasteiger partial charge in [-0.3, -0.25) is 10.1 Å². The first-order valence-electron chi connectivity index (χ1n) is 18.3. The molecule has 2 aliphatic heterocycles. The lowest BCUT2D eigenvalue weighted by atomic mass is 9.90. The zero-order valence-corrected chi connectivity index (χ0v) is 30.4. The van der Waals surface area contributed by atoms with E-state index in [1.165, 1.54) is 44.5 Å². The number of hydrogen-bond acceptors (Lipinski definition) is 4. The highest BCUT2D eigenvalue weighted by Crippen LogP contribution is 2.45. The summed E-state index contributed by atoms with van der Waals surface area (Å²) >= 11 is 0. The van der Waals surface area contributed by atoms with Crippen LogP contribution in [0.3, 0.4) is 0 Å². The molecule has 7 heteroatoms. The molecule has 7 nitrogen and oxygen atoms in total. The van der Waals surface area contributed by atoms with Crippen molar-refractivity contribution in [2.75, 3.05) is 0 Å². The number of nitro groups is 1. The minimum absolute atomic E-state index is 0.0704. The van der Waals surface area contributed by atoms with Crippen molar-refractivity contribution < 1.29 is 4.92 Å². The maximum atomic E-state index is 11.7. The summed E-state index contributed by atoms with van der Waals surface area (Å²) in [6.45, 7) is 17.8. The third kappa shape index (κ3) is 5.73. The molecule has 4 aromatic rings. The second kappa shape index (κ2) is 14.0. The van der Waals surface area contributed by atoms with Crippen LogP contribution in [0.2, 0.25) is 0 Å². The molecule has 0 fully saturated rings.